The van der Waals surface area contributed by atoms with Crippen LogP contribution in [0.1, 0.15) is 6.92 Å². The molecular weight excluding hydrogens is 236 g/mol. The van der Waals surface area contributed by atoms with Gasteiger partial charge in [-0.15, -0.1) is 11.3 Å². The topological polar surface area (TPSA) is 46.5 Å². The molecule has 1 atom stereocenters. The summed E-state index contributed by atoms with van der Waals surface area (Å²) in [6.07, 6.45) is -0.839. The molecule has 0 aliphatic heterocycles. The van der Waals surface area contributed by atoms with E-state index < -0.39 is 12.1 Å². The average Bonchev–Trinajstić information content (AvgIpc) is 2.82. The van der Waals surface area contributed by atoms with Gasteiger partial charge < -0.3 is 9.84 Å². The molecule has 0 aliphatic rings. The van der Waals surface area contributed by atoms with E-state index in [2.05, 4.69) is 0 Å². The van der Waals surface area contributed by atoms with Crippen LogP contribution in [-0.4, -0.2) is 17.2 Å². The van der Waals surface area contributed by atoms with E-state index in [9.17, 15) is 4.79 Å². The molecule has 17 heavy (non-hydrogen) atoms. The van der Waals surface area contributed by atoms with Gasteiger partial charge in [0.1, 0.15) is 5.75 Å². The predicted octanol–water partition coefficient (Wildman–Crippen LogP) is 3.27. The maximum Gasteiger partial charge on any atom is 0.344 e. The van der Waals surface area contributed by atoms with E-state index in [0.29, 0.717) is 5.75 Å². The SMILES string of the molecule is CC(Oc1cccc(-c2cccs2)c1)C(=O)O. The Bertz CT molecular complexity index is 505. The maximum atomic E-state index is 10.7. The Morgan fingerprint density at radius 3 is 2.82 bits per heavy atom. The molecule has 1 aromatic heterocycles. The monoisotopic (exact) mass is 248 g/mol. The Labute approximate surface area is 103 Å². The molecular formula is C13H12O3S. The van der Waals surface area contributed by atoms with Gasteiger partial charge >= 0.3 is 5.97 Å². The summed E-state index contributed by atoms with van der Waals surface area (Å²) in [6, 6.07) is 11.4. The highest BCUT2D eigenvalue weighted by Crippen LogP contribution is 2.27. The Morgan fingerprint density at radius 1 is 1.35 bits per heavy atom. The largest absolute Gasteiger partial charge is 0.479 e. The number of carboxylic acid groups (broad SMARTS) is 1. The van der Waals surface area contributed by atoms with Crippen molar-refractivity contribution in [1.82, 2.24) is 0 Å². The number of aliphatic carboxylic acids is 1. The molecule has 88 valence electrons. The predicted molar refractivity (Wildman–Crippen MR) is 67.5 cm³/mol. The third-order valence-corrected chi connectivity index (χ3v) is 3.22. The van der Waals surface area contributed by atoms with E-state index in [-0.39, 0.29) is 0 Å². The summed E-state index contributed by atoms with van der Waals surface area (Å²) < 4.78 is 5.32. The van der Waals surface area contributed by atoms with Crippen molar-refractivity contribution in [3.05, 3.63) is 41.8 Å². The smallest absolute Gasteiger partial charge is 0.344 e. The molecule has 1 unspecified atom stereocenters. The van der Waals surface area contributed by atoms with Crippen molar-refractivity contribution in [2.75, 3.05) is 0 Å². The van der Waals surface area contributed by atoms with E-state index in [4.69, 9.17) is 9.84 Å². The number of hydrogen-bond acceptors (Lipinski definition) is 3. The van der Waals surface area contributed by atoms with E-state index in [1.807, 2.05) is 35.7 Å². The lowest BCUT2D eigenvalue weighted by molar-refractivity contribution is -0.144. The van der Waals surface area contributed by atoms with Crippen LogP contribution in [0.25, 0.3) is 10.4 Å². The zero-order chi connectivity index (χ0) is 12.3. The summed E-state index contributed by atoms with van der Waals surface area (Å²) in [4.78, 5) is 11.8. The van der Waals surface area contributed by atoms with Crippen molar-refractivity contribution < 1.29 is 14.6 Å². The molecule has 4 heteroatoms. The van der Waals surface area contributed by atoms with Crippen molar-refractivity contribution in [1.29, 1.82) is 0 Å². The third-order valence-electron chi connectivity index (χ3n) is 2.30. The Morgan fingerprint density at radius 2 is 2.18 bits per heavy atom. The van der Waals surface area contributed by atoms with Gasteiger partial charge in [-0.05, 0) is 36.1 Å². The summed E-state index contributed by atoms with van der Waals surface area (Å²) in [5.41, 5.74) is 1.04. The average molecular weight is 248 g/mol. The van der Waals surface area contributed by atoms with E-state index in [0.717, 1.165) is 10.4 Å². The van der Waals surface area contributed by atoms with Crippen molar-refractivity contribution in [2.24, 2.45) is 0 Å². The highest BCUT2D eigenvalue weighted by Gasteiger charge is 2.12. The number of carbonyl (C=O) groups is 1. The third kappa shape index (κ3) is 2.85. The van der Waals surface area contributed by atoms with Crippen LogP contribution in [-0.2, 0) is 4.79 Å². The van der Waals surface area contributed by atoms with Crippen LogP contribution < -0.4 is 4.74 Å². The number of benzene rings is 1. The number of thiophene rings is 1. The normalized spacial score (nSPS) is 12.1. The van der Waals surface area contributed by atoms with Gasteiger partial charge in [0.2, 0.25) is 0 Å². The molecule has 0 spiro atoms. The van der Waals surface area contributed by atoms with Gasteiger partial charge in [0.05, 0.1) is 0 Å². The van der Waals surface area contributed by atoms with Crippen molar-refractivity contribution in [2.45, 2.75) is 13.0 Å². The molecule has 0 aliphatic carbocycles. The van der Waals surface area contributed by atoms with Crippen molar-refractivity contribution in [3.8, 4) is 16.2 Å². The Balaban J connectivity index is 2.20. The van der Waals surface area contributed by atoms with Gasteiger partial charge in [-0.3, -0.25) is 0 Å². The molecule has 1 heterocycles. The highest BCUT2D eigenvalue weighted by atomic mass is 32.1. The zero-order valence-corrected chi connectivity index (χ0v) is 10.1. The van der Waals surface area contributed by atoms with Crippen LogP contribution in [0.15, 0.2) is 41.8 Å². The van der Waals surface area contributed by atoms with Crippen molar-refractivity contribution in [3.63, 3.8) is 0 Å². The fourth-order valence-corrected chi connectivity index (χ4v) is 2.14. The first-order chi connectivity index (χ1) is 8.16. The first-order valence-corrected chi connectivity index (χ1v) is 6.08. The van der Waals surface area contributed by atoms with Crippen LogP contribution in [0, 0.1) is 0 Å². The quantitative estimate of drug-likeness (QED) is 0.903. The number of rotatable bonds is 4. The molecule has 2 rings (SSSR count). The number of ether oxygens (including phenoxy) is 1. The summed E-state index contributed by atoms with van der Waals surface area (Å²) in [7, 11) is 0. The van der Waals surface area contributed by atoms with Crippen LogP contribution in [0.4, 0.5) is 0 Å². The second kappa shape index (κ2) is 5.01. The highest BCUT2D eigenvalue weighted by molar-refractivity contribution is 7.13. The number of carboxylic acids is 1. The molecule has 0 radical (unpaired) electrons. The summed E-state index contributed by atoms with van der Waals surface area (Å²) in [6.45, 7) is 1.51. The van der Waals surface area contributed by atoms with E-state index in [1.165, 1.54) is 6.92 Å². The molecule has 1 aromatic carbocycles. The zero-order valence-electron chi connectivity index (χ0n) is 9.29. The second-order valence-electron chi connectivity index (χ2n) is 3.60. The summed E-state index contributed by atoms with van der Waals surface area (Å²) >= 11 is 1.64. The minimum Gasteiger partial charge on any atom is -0.479 e. The molecule has 0 saturated carbocycles. The van der Waals surface area contributed by atoms with Crippen molar-refractivity contribution >= 4 is 17.3 Å². The van der Waals surface area contributed by atoms with Gasteiger partial charge in [0.15, 0.2) is 6.10 Å². The first kappa shape index (κ1) is 11.7. The van der Waals surface area contributed by atoms with Gasteiger partial charge in [0.25, 0.3) is 0 Å². The van der Waals surface area contributed by atoms with Gasteiger partial charge in [-0.25, -0.2) is 4.79 Å². The standard InChI is InChI=1S/C13H12O3S/c1-9(13(14)15)16-11-5-2-4-10(8-11)12-6-3-7-17-12/h2-9H,1H3,(H,14,15). The van der Waals surface area contributed by atoms with Crippen LogP contribution in [0.3, 0.4) is 0 Å². The summed E-state index contributed by atoms with van der Waals surface area (Å²) in [5.74, 6) is -0.391. The fraction of sp³-hybridized carbons (Fsp3) is 0.154. The van der Waals surface area contributed by atoms with Crippen LogP contribution in [0.5, 0.6) is 5.75 Å². The first-order valence-electron chi connectivity index (χ1n) is 5.20. The Hall–Kier alpha value is -1.81. The molecule has 3 nitrogen and oxygen atoms in total. The lowest BCUT2D eigenvalue weighted by atomic mass is 10.2. The van der Waals surface area contributed by atoms with Gasteiger partial charge in [0, 0.05) is 4.88 Å². The lowest BCUT2D eigenvalue weighted by Crippen LogP contribution is -2.22. The van der Waals surface area contributed by atoms with E-state index in [1.54, 1.807) is 17.4 Å². The molecule has 1 N–H and O–H groups in total. The van der Waals surface area contributed by atoms with Gasteiger partial charge in [-0.1, -0.05) is 18.2 Å². The minimum absolute atomic E-state index is 0.575. The Kier molecular flexibility index (Phi) is 3.44. The molecule has 0 bridgehead atoms. The molecule has 2 aromatic rings. The lowest BCUT2D eigenvalue weighted by Gasteiger charge is -2.10. The minimum atomic E-state index is -0.966. The summed E-state index contributed by atoms with van der Waals surface area (Å²) in [5, 5.41) is 10.8. The molecule has 0 fully saturated rings. The molecule has 0 amide bonds. The van der Waals surface area contributed by atoms with Crippen LogP contribution >= 0.6 is 11.3 Å². The fourth-order valence-electron chi connectivity index (χ4n) is 1.42. The number of hydrogen-bond donors (Lipinski definition) is 1. The second-order valence-corrected chi connectivity index (χ2v) is 4.55. The van der Waals surface area contributed by atoms with E-state index >= 15 is 0 Å². The molecule has 0 saturated heterocycles. The van der Waals surface area contributed by atoms with Crippen LogP contribution in [0.2, 0.25) is 0 Å². The maximum absolute atomic E-state index is 10.7. The van der Waals surface area contributed by atoms with Gasteiger partial charge in [-0.2, -0.15) is 0 Å².